The van der Waals surface area contributed by atoms with E-state index >= 15 is 0 Å². The van der Waals surface area contributed by atoms with Gasteiger partial charge in [0.05, 0.1) is 6.61 Å². The fraction of sp³-hybridized carbons (Fsp3) is 0.695. The highest BCUT2D eigenvalue weighted by molar-refractivity contribution is 5.74. The number of aliphatic hydroxyl groups excluding tert-OH is 2. The van der Waals surface area contributed by atoms with Gasteiger partial charge < -0.3 is 39.0 Å². The van der Waals surface area contributed by atoms with E-state index in [9.17, 15) is 34.5 Å². The number of aliphatic carboxylic acids is 1. The largest absolute Gasteiger partial charge is 0.479 e. The Labute approximate surface area is 429 Å². The number of carboxylic acid groups (broad SMARTS) is 1. The highest BCUT2D eigenvalue weighted by atomic mass is 16.7. The number of ether oxygens (including phenoxy) is 5. The van der Waals surface area contributed by atoms with Crippen molar-refractivity contribution < 1.29 is 58.2 Å². The molecule has 0 aromatic heterocycles. The third-order valence-electron chi connectivity index (χ3n) is 11.9. The summed E-state index contributed by atoms with van der Waals surface area (Å²) in [6, 6.07) is 0. The van der Waals surface area contributed by atoms with E-state index in [1.165, 1.54) is 32.1 Å². The van der Waals surface area contributed by atoms with Crippen molar-refractivity contribution in [2.75, 3.05) is 13.2 Å². The number of carboxylic acids is 1. The predicted octanol–water partition coefficient (Wildman–Crippen LogP) is 13.6. The molecule has 1 fully saturated rings. The Morgan fingerprint density at radius 2 is 0.915 bits per heavy atom. The minimum absolute atomic E-state index is 0.0385. The number of unbranched alkanes of at least 4 members (excludes halogenated alkanes) is 17. The Morgan fingerprint density at radius 3 is 1.42 bits per heavy atom. The highest BCUT2D eigenvalue weighted by Crippen LogP contribution is 2.26. The van der Waals surface area contributed by atoms with Crippen LogP contribution >= 0.6 is 0 Å². The molecule has 0 aromatic rings. The highest BCUT2D eigenvalue weighted by Gasteiger charge is 2.50. The van der Waals surface area contributed by atoms with E-state index in [1.807, 2.05) is 0 Å². The lowest BCUT2D eigenvalue weighted by Crippen LogP contribution is -2.61. The fourth-order valence-corrected chi connectivity index (χ4v) is 7.72. The number of rotatable bonds is 45. The van der Waals surface area contributed by atoms with Gasteiger partial charge in [-0.05, 0) is 89.9 Å². The molecule has 1 aliphatic rings. The lowest BCUT2D eigenvalue weighted by atomic mass is 9.98. The monoisotopic (exact) mass is 997 g/mol. The lowest BCUT2D eigenvalue weighted by molar-refractivity contribution is -0.301. The smallest absolute Gasteiger partial charge is 0.335 e. The van der Waals surface area contributed by atoms with Crippen molar-refractivity contribution in [1.29, 1.82) is 0 Å². The molecule has 3 N–H and O–H groups in total. The second kappa shape index (κ2) is 46.9. The van der Waals surface area contributed by atoms with Gasteiger partial charge in [-0.15, -0.1) is 0 Å². The Hall–Kier alpha value is -4.10. The van der Waals surface area contributed by atoms with E-state index in [1.54, 1.807) is 0 Å². The van der Waals surface area contributed by atoms with Gasteiger partial charge in [-0.1, -0.05) is 189 Å². The first-order chi connectivity index (χ1) is 34.6. The average Bonchev–Trinajstić information content (AvgIpc) is 3.35. The molecule has 6 atom stereocenters. The number of carbonyl (C=O) groups excluding carboxylic acids is 3. The third-order valence-corrected chi connectivity index (χ3v) is 11.9. The zero-order valence-electron chi connectivity index (χ0n) is 44.2. The van der Waals surface area contributed by atoms with Crippen LogP contribution in [0.25, 0.3) is 0 Å². The van der Waals surface area contributed by atoms with E-state index in [0.29, 0.717) is 19.3 Å². The van der Waals surface area contributed by atoms with Crippen LogP contribution in [0.1, 0.15) is 213 Å². The van der Waals surface area contributed by atoms with Gasteiger partial charge in [0.15, 0.2) is 24.6 Å². The molecule has 0 spiro atoms. The van der Waals surface area contributed by atoms with Crippen LogP contribution in [0.3, 0.4) is 0 Å². The zero-order valence-corrected chi connectivity index (χ0v) is 44.2. The molecule has 1 saturated heterocycles. The van der Waals surface area contributed by atoms with Gasteiger partial charge in [-0.2, -0.15) is 0 Å². The van der Waals surface area contributed by atoms with Gasteiger partial charge in [-0.25, -0.2) is 4.79 Å². The van der Waals surface area contributed by atoms with E-state index in [0.717, 1.165) is 122 Å². The molecule has 0 saturated carbocycles. The molecule has 12 nitrogen and oxygen atoms in total. The molecule has 0 aliphatic carbocycles. The van der Waals surface area contributed by atoms with E-state index in [4.69, 9.17) is 23.7 Å². The number of allylic oxidation sites excluding steroid dienone is 14. The maximum absolute atomic E-state index is 13.0. The number of hydrogen-bond acceptors (Lipinski definition) is 11. The average molecular weight is 997 g/mol. The van der Waals surface area contributed by atoms with Gasteiger partial charge in [0, 0.05) is 19.3 Å². The van der Waals surface area contributed by atoms with Crippen LogP contribution in [0.15, 0.2) is 85.1 Å². The van der Waals surface area contributed by atoms with Crippen molar-refractivity contribution in [2.24, 2.45) is 0 Å². The van der Waals surface area contributed by atoms with Crippen LogP contribution in [-0.2, 0) is 42.9 Å². The summed E-state index contributed by atoms with van der Waals surface area (Å²) in [5, 5.41) is 31.3. The molecule has 1 aliphatic heterocycles. The summed E-state index contributed by atoms with van der Waals surface area (Å²) in [7, 11) is 0. The van der Waals surface area contributed by atoms with Crippen LogP contribution in [0.2, 0.25) is 0 Å². The van der Waals surface area contributed by atoms with Crippen molar-refractivity contribution in [2.45, 2.75) is 250 Å². The molecule has 0 aromatic carbocycles. The van der Waals surface area contributed by atoms with Crippen LogP contribution in [0.5, 0.6) is 0 Å². The second-order valence-corrected chi connectivity index (χ2v) is 18.5. The number of aliphatic hydroxyl groups is 2. The van der Waals surface area contributed by atoms with Crippen LogP contribution in [-0.4, -0.2) is 89.2 Å². The second-order valence-electron chi connectivity index (χ2n) is 18.5. The summed E-state index contributed by atoms with van der Waals surface area (Å²) in [5.41, 5.74) is 0. The lowest BCUT2D eigenvalue weighted by Gasteiger charge is -2.40. The molecule has 1 rings (SSSR count). The minimum Gasteiger partial charge on any atom is -0.479 e. The Kier molecular flexibility index (Phi) is 42.9. The first kappa shape index (κ1) is 64.9. The summed E-state index contributed by atoms with van der Waals surface area (Å²) >= 11 is 0. The Morgan fingerprint density at radius 1 is 0.479 bits per heavy atom. The molecule has 0 amide bonds. The predicted molar refractivity (Wildman–Crippen MR) is 284 cm³/mol. The van der Waals surface area contributed by atoms with Gasteiger partial charge >= 0.3 is 23.9 Å². The zero-order chi connectivity index (χ0) is 51.8. The SMILES string of the molecule is CC/C=C\C/C=C\C/C=C\C/C=C\C/C=C\CCCCCC(=O)OCC(COC1OC(C(=O)O)C(O)C(O)C1OC(=O)CCCCCCC/C=C\C/C=C\CCC)OC(=O)CCCCCCCCCCC. The summed E-state index contributed by atoms with van der Waals surface area (Å²) in [6.07, 6.45) is 47.2. The molecule has 6 unspecified atom stereocenters. The van der Waals surface area contributed by atoms with Crippen molar-refractivity contribution in [3.05, 3.63) is 85.1 Å². The maximum atomic E-state index is 13.0. The summed E-state index contributed by atoms with van der Waals surface area (Å²) < 4.78 is 28.3. The van der Waals surface area contributed by atoms with E-state index in [2.05, 4.69) is 106 Å². The van der Waals surface area contributed by atoms with E-state index < -0.39 is 67.3 Å². The van der Waals surface area contributed by atoms with Crippen molar-refractivity contribution >= 4 is 23.9 Å². The molecular formula is C59H96O12. The Bertz CT molecular complexity index is 1560. The van der Waals surface area contributed by atoms with Gasteiger partial charge in [0.25, 0.3) is 0 Å². The molecule has 12 heteroatoms. The third kappa shape index (κ3) is 37.3. The van der Waals surface area contributed by atoms with Gasteiger partial charge in [-0.3, -0.25) is 14.4 Å². The first-order valence-corrected chi connectivity index (χ1v) is 27.6. The molecule has 0 radical (unpaired) electrons. The molecule has 71 heavy (non-hydrogen) atoms. The summed E-state index contributed by atoms with van der Waals surface area (Å²) in [4.78, 5) is 50.9. The quantitative estimate of drug-likeness (QED) is 0.0228. The van der Waals surface area contributed by atoms with Crippen LogP contribution in [0, 0.1) is 0 Å². The van der Waals surface area contributed by atoms with Crippen LogP contribution < -0.4 is 0 Å². The first-order valence-electron chi connectivity index (χ1n) is 27.6. The normalized spacial score (nSPS) is 19.1. The van der Waals surface area contributed by atoms with E-state index in [-0.39, 0.29) is 25.9 Å². The Balaban J connectivity index is 2.70. The molecule has 0 bridgehead atoms. The minimum atomic E-state index is -1.91. The topological polar surface area (TPSA) is 175 Å². The van der Waals surface area contributed by atoms with Crippen molar-refractivity contribution in [1.82, 2.24) is 0 Å². The standard InChI is InChI=1S/C59H96O12/c1-4-7-10-13-16-19-21-23-24-25-26-27-28-30-31-34-36-39-42-45-51(60)67-48-50(69-52(61)46-43-40-37-33-18-15-12-9-6-3)49-68-59-57(55(64)54(63)56(71-59)58(65)66)70-53(62)47-44-41-38-35-32-29-22-20-17-14-11-8-5-2/h7,10-11,14,16,19-20,22-24,26-27,30-31,50,54-57,59,63-64H,4-6,8-9,12-13,15,17-18,21,25,28-29,32-49H2,1-3H3,(H,65,66)/b10-7-,14-11-,19-16-,22-20-,24-23-,27-26-,31-30-. The summed E-state index contributed by atoms with van der Waals surface area (Å²) in [6.45, 7) is 5.73. The van der Waals surface area contributed by atoms with Gasteiger partial charge in [0.2, 0.25) is 0 Å². The number of hydrogen-bond donors (Lipinski definition) is 3. The van der Waals surface area contributed by atoms with Crippen molar-refractivity contribution in [3.63, 3.8) is 0 Å². The molecular weight excluding hydrogens is 901 g/mol. The fourth-order valence-electron chi connectivity index (χ4n) is 7.72. The molecule has 404 valence electrons. The number of carbonyl (C=O) groups is 4. The maximum Gasteiger partial charge on any atom is 0.335 e. The summed E-state index contributed by atoms with van der Waals surface area (Å²) in [5.74, 6) is -3.19. The number of esters is 3. The molecule has 1 heterocycles. The van der Waals surface area contributed by atoms with Gasteiger partial charge in [0.1, 0.15) is 18.8 Å². The van der Waals surface area contributed by atoms with Crippen LogP contribution in [0.4, 0.5) is 0 Å². The van der Waals surface area contributed by atoms with Crippen molar-refractivity contribution in [3.8, 4) is 0 Å².